The van der Waals surface area contributed by atoms with Gasteiger partial charge in [-0.1, -0.05) is 11.3 Å². The van der Waals surface area contributed by atoms with Gasteiger partial charge in [-0.05, 0) is 31.2 Å². The van der Waals surface area contributed by atoms with Crippen molar-refractivity contribution in [3.05, 3.63) is 35.3 Å². The number of nitrogens with one attached hydrogen (secondary N) is 2. The first-order valence-electron chi connectivity index (χ1n) is 6.85. The van der Waals surface area contributed by atoms with Crippen LogP contribution in [0.1, 0.15) is 12.6 Å². The molecule has 2 aromatic heterocycles. The summed E-state index contributed by atoms with van der Waals surface area (Å²) in [5.74, 6) is -0.0884. The Bertz CT molecular complexity index is 838. The van der Waals surface area contributed by atoms with Crippen molar-refractivity contribution in [2.75, 3.05) is 16.4 Å². The van der Waals surface area contributed by atoms with E-state index in [0.29, 0.717) is 5.13 Å². The molecule has 4 N–H and O–H groups in total. The number of thiazole rings is 2. The van der Waals surface area contributed by atoms with Crippen molar-refractivity contribution in [3.63, 3.8) is 0 Å². The predicted octanol–water partition coefficient (Wildman–Crippen LogP) is 3.86. The van der Waals surface area contributed by atoms with Crippen molar-refractivity contribution >= 4 is 50.2 Å². The second-order valence-corrected chi connectivity index (χ2v) is 6.78. The highest BCUT2D eigenvalue weighted by Crippen LogP contribution is 2.34. The van der Waals surface area contributed by atoms with Gasteiger partial charge in [0.15, 0.2) is 10.3 Å². The van der Waals surface area contributed by atoms with Crippen LogP contribution < -0.4 is 16.4 Å². The van der Waals surface area contributed by atoms with Gasteiger partial charge in [-0.15, -0.1) is 11.3 Å². The van der Waals surface area contributed by atoms with Crippen molar-refractivity contribution in [3.8, 4) is 10.6 Å². The van der Waals surface area contributed by atoms with Crippen molar-refractivity contribution in [1.29, 1.82) is 0 Å². The monoisotopic (exact) mass is 345 g/mol. The Hall–Kier alpha value is -2.45. The zero-order valence-electron chi connectivity index (χ0n) is 12.6. The van der Waals surface area contributed by atoms with Crippen LogP contribution in [-0.4, -0.2) is 15.9 Å². The summed E-state index contributed by atoms with van der Waals surface area (Å²) >= 11 is 2.96. The average Bonchev–Trinajstić information content (AvgIpc) is 3.07. The first kappa shape index (κ1) is 15.4. The molecule has 1 aromatic carbocycles. The molecule has 23 heavy (non-hydrogen) atoms. The SMILES string of the molecule is CC(=O)Nc1ccc(Nc2nc(-c3sc(N)nc3C)cs2)cc1. The first-order chi connectivity index (χ1) is 11.0. The lowest BCUT2D eigenvalue weighted by molar-refractivity contribution is -0.114. The summed E-state index contributed by atoms with van der Waals surface area (Å²) < 4.78 is 0. The number of nitrogen functional groups attached to an aromatic ring is 1. The van der Waals surface area contributed by atoms with Crippen LogP contribution in [0.2, 0.25) is 0 Å². The van der Waals surface area contributed by atoms with E-state index < -0.39 is 0 Å². The minimum Gasteiger partial charge on any atom is -0.375 e. The van der Waals surface area contributed by atoms with Gasteiger partial charge < -0.3 is 16.4 Å². The second-order valence-electron chi connectivity index (χ2n) is 4.89. The van der Waals surface area contributed by atoms with Crippen molar-refractivity contribution in [1.82, 2.24) is 9.97 Å². The van der Waals surface area contributed by atoms with Crippen molar-refractivity contribution in [2.24, 2.45) is 0 Å². The van der Waals surface area contributed by atoms with Gasteiger partial charge >= 0.3 is 0 Å². The molecule has 0 fully saturated rings. The molecule has 0 unspecified atom stereocenters. The van der Waals surface area contributed by atoms with Crippen molar-refractivity contribution < 1.29 is 4.79 Å². The maximum atomic E-state index is 11.0. The summed E-state index contributed by atoms with van der Waals surface area (Å²) in [5.41, 5.74) is 9.17. The Balaban J connectivity index is 1.74. The third kappa shape index (κ3) is 3.66. The fourth-order valence-electron chi connectivity index (χ4n) is 2.05. The molecule has 0 spiro atoms. The molecule has 0 bridgehead atoms. The Morgan fingerprint density at radius 1 is 1.17 bits per heavy atom. The maximum absolute atomic E-state index is 11.0. The van der Waals surface area contributed by atoms with Crippen LogP contribution in [0.4, 0.5) is 21.6 Å². The standard InChI is InChI=1S/C15H15N5OS2/c1-8-13(23-14(16)17-8)12-7-22-15(20-12)19-11-5-3-10(4-6-11)18-9(2)21/h3-7H,1-2H3,(H2,16,17)(H,18,21)(H,19,20). The number of amides is 1. The number of rotatable bonds is 4. The third-order valence-electron chi connectivity index (χ3n) is 3.01. The highest BCUT2D eigenvalue weighted by atomic mass is 32.1. The first-order valence-corrected chi connectivity index (χ1v) is 8.54. The minimum absolute atomic E-state index is 0.0884. The van der Waals surface area contributed by atoms with E-state index in [1.165, 1.54) is 29.6 Å². The lowest BCUT2D eigenvalue weighted by Gasteiger charge is -2.05. The van der Waals surface area contributed by atoms with E-state index in [0.717, 1.165) is 32.8 Å². The van der Waals surface area contributed by atoms with Crippen molar-refractivity contribution in [2.45, 2.75) is 13.8 Å². The number of hydrogen-bond donors (Lipinski definition) is 3. The summed E-state index contributed by atoms with van der Waals surface area (Å²) in [7, 11) is 0. The van der Waals surface area contributed by atoms with Gasteiger partial charge in [-0.25, -0.2) is 9.97 Å². The van der Waals surface area contributed by atoms with Crippen LogP contribution in [-0.2, 0) is 4.79 Å². The second kappa shape index (κ2) is 6.35. The zero-order chi connectivity index (χ0) is 16.4. The van der Waals surface area contributed by atoms with Gasteiger partial charge in [-0.2, -0.15) is 0 Å². The molecule has 0 saturated carbocycles. The highest BCUT2D eigenvalue weighted by Gasteiger charge is 2.12. The van der Waals surface area contributed by atoms with Gasteiger partial charge in [0.25, 0.3) is 0 Å². The molecule has 0 saturated heterocycles. The molecule has 0 radical (unpaired) electrons. The molecule has 6 nitrogen and oxygen atoms in total. The Morgan fingerprint density at radius 3 is 2.48 bits per heavy atom. The maximum Gasteiger partial charge on any atom is 0.221 e. The molecule has 2 heterocycles. The smallest absolute Gasteiger partial charge is 0.221 e. The van der Waals surface area contributed by atoms with Gasteiger partial charge in [0.1, 0.15) is 0 Å². The number of carbonyl (C=O) groups is 1. The molecule has 3 aromatic rings. The summed E-state index contributed by atoms with van der Waals surface area (Å²) in [5, 5.41) is 9.30. The van der Waals surface area contributed by atoms with E-state index in [1.54, 1.807) is 0 Å². The van der Waals surface area contributed by atoms with E-state index in [1.807, 2.05) is 36.6 Å². The summed E-state index contributed by atoms with van der Waals surface area (Å²) in [4.78, 5) is 20.8. The fourth-order valence-corrected chi connectivity index (χ4v) is 3.64. The predicted molar refractivity (Wildman–Crippen MR) is 96.4 cm³/mol. The quantitative estimate of drug-likeness (QED) is 0.667. The molecular formula is C15H15N5OS2. The van der Waals surface area contributed by atoms with Gasteiger partial charge in [-0.3, -0.25) is 4.79 Å². The fraction of sp³-hybridized carbons (Fsp3) is 0.133. The number of carbonyl (C=O) groups excluding carboxylic acids is 1. The molecule has 0 atom stereocenters. The van der Waals surface area contributed by atoms with E-state index in [9.17, 15) is 4.79 Å². The number of aromatic nitrogens is 2. The van der Waals surface area contributed by atoms with Crippen LogP contribution in [0.5, 0.6) is 0 Å². The number of aryl methyl sites for hydroxylation is 1. The Morgan fingerprint density at radius 2 is 1.87 bits per heavy atom. The molecule has 3 rings (SSSR count). The number of benzene rings is 1. The van der Waals surface area contributed by atoms with Gasteiger partial charge in [0.05, 0.1) is 16.3 Å². The highest BCUT2D eigenvalue weighted by molar-refractivity contribution is 7.19. The largest absolute Gasteiger partial charge is 0.375 e. The lowest BCUT2D eigenvalue weighted by Crippen LogP contribution is -2.05. The van der Waals surface area contributed by atoms with Gasteiger partial charge in [0.2, 0.25) is 5.91 Å². The van der Waals surface area contributed by atoms with Crippen LogP contribution in [0.3, 0.4) is 0 Å². The van der Waals surface area contributed by atoms with Crippen LogP contribution in [0, 0.1) is 6.92 Å². The lowest BCUT2D eigenvalue weighted by atomic mass is 10.3. The summed E-state index contributed by atoms with van der Waals surface area (Å²) in [6.07, 6.45) is 0. The summed E-state index contributed by atoms with van der Waals surface area (Å²) in [6, 6.07) is 7.46. The number of anilines is 4. The Kier molecular flexibility index (Phi) is 4.26. The third-order valence-corrected chi connectivity index (χ3v) is 4.77. The topological polar surface area (TPSA) is 92.9 Å². The van der Waals surface area contributed by atoms with Crippen LogP contribution in [0.25, 0.3) is 10.6 Å². The van der Waals surface area contributed by atoms with E-state index in [-0.39, 0.29) is 5.91 Å². The van der Waals surface area contributed by atoms with Crippen LogP contribution in [0.15, 0.2) is 29.6 Å². The summed E-state index contributed by atoms with van der Waals surface area (Å²) in [6.45, 7) is 3.41. The molecule has 0 aliphatic heterocycles. The van der Waals surface area contributed by atoms with Crippen LogP contribution >= 0.6 is 22.7 Å². The molecular weight excluding hydrogens is 330 g/mol. The molecule has 0 aliphatic rings. The van der Waals surface area contributed by atoms with E-state index in [2.05, 4.69) is 20.6 Å². The van der Waals surface area contributed by atoms with E-state index >= 15 is 0 Å². The normalized spacial score (nSPS) is 10.5. The molecule has 118 valence electrons. The Labute approximate surface area is 141 Å². The van der Waals surface area contributed by atoms with Gasteiger partial charge in [0, 0.05) is 23.7 Å². The zero-order valence-corrected chi connectivity index (χ0v) is 14.2. The number of nitrogens with zero attached hydrogens (tertiary/aromatic N) is 2. The number of nitrogens with two attached hydrogens (primary N) is 1. The number of hydrogen-bond acceptors (Lipinski definition) is 7. The molecule has 1 amide bonds. The molecule has 0 aliphatic carbocycles. The van der Waals surface area contributed by atoms with E-state index in [4.69, 9.17) is 5.73 Å². The minimum atomic E-state index is -0.0884. The molecule has 8 heteroatoms. The average molecular weight is 345 g/mol.